The van der Waals surface area contributed by atoms with Crippen LogP contribution in [0.2, 0.25) is 0 Å². The number of aliphatic hydroxyl groups excluding tert-OH is 1. The van der Waals surface area contributed by atoms with Crippen LogP contribution in [-0.2, 0) is 0 Å². The molecule has 3 nitrogen and oxygen atoms in total. The van der Waals surface area contributed by atoms with Crippen molar-refractivity contribution in [3.63, 3.8) is 0 Å². The second kappa shape index (κ2) is 6.88. The summed E-state index contributed by atoms with van der Waals surface area (Å²) in [6, 6.07) is 1.35. The van der Waals surface area contributed by atoms with E-state index >= 15 is 0 Å². The van der Waals surface area contributed by atoms with Crippen molar-refractivity contribution in [1.82, 2.24) is 10.2 Å². The average molecular weight is 254 g/mol. The van der Waals surface area contributed by atoms with E-state index in [1.807, 2.05) is 0 Å². The van der Waals surface area contributed by atoms with Gasteiger partial charge in [0.1, 0.15) is 0 Å². The highest BCUT2D eigenvalue weighted by Gasteiger charge is 2.31. The number of hydrogen-bond donors (Lipinski definition) is 2. The summed E-state index contributed by atoms with van der Waals surface area (Å²) in [4.78, 5) is 2.56. The van der Waals surface area contributed by atoms with Crippen LogP contribution in [-0.4, -0.2) is 48.3 Å². The number of rotatable bonds is 5. The van der Waals surface area contributed by atoms with Crippen molar-refractivity contribution in [3.8, 4) is 0 Å². The Morgan fingerprint density at radius 3 is 2.67 bits per heavy atom. The van der Waals surface area contributed by atoms with Crippen molar-refractivity contribution in [3.05, 3.63) is 0 Å². The van der Waals surface area contributed by atoms with Crippen molar-refractivity contribution in [1.29, 1.82) is 0 Å². The van der Waals surface area contributed by atoms with Crippen LogP contribution >= 0.6 is 0 Å². The Morgan fingerprint density at radius 2 is 2.06 bits per heavy atom. The van der Waals surface area contributed by atoms with Crippen molar-refractivity contribution in [2.24, 2.45) is 11.8 Å². The summed E-state index contributed by atoms with van der Waals surface area (Å²) in [5, 5.41) is 12.9. The third-order valence-corrected chi connectivity index (χ3v) is 4.86. The molecule has 4 atom stereocenters. The van der Waals surface area contributed by atoms with Gasteiger partial charge < -0.3 is 10.4 Å². The Kier molecular flexibility index (Phi) is 5.46. The van der Waals surface area contributed by atoms with Gasteiger partial charge in [-0.3, -0.25) is 4.90 Å². The summed E-state index contributed by atoms with van der Waals surface area (Å²) in [6.45, 7) is 8.22. The van der Waals surface area contributed by atoms with E-state index in [-0.39, 0.29) is 0 Å². The highest BCUT2D eigenvalue weighted by molar-refractivity contribution is 4.87. The average Bonchev–Trinajstić information content (AvgIpc) is 2.81. The zero-order chi connectivity index (χ0) is 13.0. The van der Waals surface area contributed by atoms with Gasteiger partial charge in [0.05, 0.1) is 6.61 Å². The van der Waals surface area contributed by atoms with Crippen LogP contribution in [0.25, 0.3) is 0 Å². The number of hydrogen-bond acceptors (Lipinski definition) is 3. The standard InChI is InChI=1S/C15H30N2O/c1-12-5-6-15(13(2)10-12)17(8-9-18)11-14-4-3-7-16-14/h12-16,18H,3-11H2,1-2H3. The second-order valence-corrected chi connectivity index (χ2v) is 6.47. The Bertz CT molecular complexity index is 241. The first-order valence-electron chi connectivity index (χ1n) is 7.79. The summed E-state index contributed by atoms with van der Waals surface area (Å²) in [5.74, 6) is 1.67. The molecule has 4 unspecified atom stereocenters. The first-order valence-corrected chi connectivity index (χ1v) is 7.79. The van der Waals surface area contributed by atoms with E-state index in [1.165, 1.54) is 38.6 Å². The van der Waals surface area contributed by atoms with Gasteiger partial charge in [-0.25, -0.2) is 0 Å². The van der Waals surface area contributed by atoms with Crippen LogP contribution in [0.4, 0.5) is 0 Å². The molecule has 0 radical (unpaired) electrons. The first-order chi connectivity index (χ1) is 8.70. The van der Waals surface area contributed by atoms with Crippen LogP contribution in [0.15, 0.2) is 0 Å². The summed E-state index contributed by atoms with van der Waals surface area (Å²) in [7, 11) is 0. The molecule has 2 aliphatic rings. The third kappa shape index (κ3) is 3.69. The maximum Gasteiger partial charge on any atom is 0.0558 e. The van der Waals surface area contributed by atoms with Gasteiger partial charge in [-0.05, 0) is 50.5 Å². The molecule has 0 aromatic heterocycles. The van der Waals surface area contributed by atoms with Crippen LogP contribution in [0.5, 0.6) is 0 Å². The maximum atomic E-state index is 9.32. The molecule has 1 aliphatic heterocycles. The highest BCUT2D eigenvalue weighted by atomic mass is 16.3. The van der Waals surface area contributed by atoms with Crippen molar-refractivity contribution in [2.45, 2.75) is 58.0 Å². The lowest BCUT2D eigenvalue weighted by atomic mass is 9.79. The molecule has 3 heteroatoms. The van der Waals surface area contributed by atoms with E-state index in [4.69, 9.17) is 0 Å². The molecule has 2 N–H and O–H groups in total. The zero-order valence-corrected chi connectivity index (χ0v) is 12.1. The van der Waals surface area contributed by atoms with Gasteiger partial charge in [0.25, 0.3) is 0 Å². The fraction of sp³-hybridized carbons (Fsp3) is 1.00. The highest BCUT2D eigenvalue weighted by Crippen LogP contribution is 2.32. The molecule has 0 aromatic rings. The minimum atomic E-state index is 0.297. The van der Waals surface area contributed by atoms with Gasteiger partial charge in [0.2, 0.25) is 0 Å². The fourth-order valence-electron chi connectivity index (χ4n) is 3.91. The van der Waals surface area contributed by atoms with E-state index in [2.05, 4.69) is 24.1 Å². The van der Waals surface area contributed by atoms with Gasteiger partial charge in [0.15, 0.2) is 0 Å². The molecule has 0 spiro atoms. The lowest BCUT2D eigenvalue weighted by molar-refractivity contribution is 0.0695. The van der Waals surface area contributed by atoms with Gasteiger partial charge in [0, 0.05) is 25.2 Å². The van der Waals surface area contributed by atoms with Gasteiger partial charge >= 0.3 is 0 Å². The molecule has 1 saturated carbocycles. The van der Waals surface area contributed by atoms with E-state index in [0.29, 0.717) is 18.7 Å². The predicted octanol–water partition coefficient (Wildman–Crippen LogP) is 1.86. The molecule has 2 rings (SSSR count). The van der Waals surface area contributed by atoms with E-state index < -0.39 is 0 Å². The number of aliphatic hydroxyl groups is 1. The van der Waals surface area contributed by atoms with Crippen LogP contribution in [0.3, 0.4) is 0 Å². The normalized spacial score (nSPS) is 37.3. The molecule has 106 valence electrons. The molecule has 2 fully saturated rings. The SMILES string of the molecule is CC1CCC(N(CCO)CC2CCCN2)C(C)C1. The van der Waals surface area contributed by atoms with Gasteiger partial charge in [-0.1, -0.05) is 13.8 Å². The third-order valence-electron chi connectivity index (χ3n) is 4.86. The lowest BCUT2D eigenvalue weighted by Gasteiger charge is -2.41. The molecule has 1 aliphatic carbocycles. The summed E-state index contributed by atoms with van der Waals surface area (Å²) in [5.41, 5.74) is 0. The summed E-state index contributed by atoms with van der Waals surface area (Å²) in [6.07, 6.45) is 6.64. The van der Waals surface area contributed by atoms with Crippen LogP contribution < -0.4 is 5.32 Å². The molecule has 0 amide bonds. The fourth-order valence-corrected chi connectivity index (χ4v) is 3.91. The number of nitrogens with zero attached hydrogens (tertiary/aromatic N) is 1. The predicted molar refractivity (Wildman–Crippen MR) is 75.7 cm³/mol. The van der Waals surface area contributed by atoms with E-state index in [9.17, 15) is 5.11 Å². The monoisotopic (exact) mass is 254 g/mol. The molecular weight excluding hydrogens is 224 g/mol. The summed E-state index contributed by atoms with van der Waals surface area (Å²) >= 11 is 0. The molecule has 18 heavy (non-hydrogen) atoms. The minimum absolute atomic E-state index is 0.297. The van der Waals surface area contributed by atoms with Crippen LogP contribution in [0, 0.1) is 11.8 Å². The Hall–Kier alpha value is -0.120. The summed E-state index contributed by atoms with van der Waals surface area (Å²) < 4.78 is 0. The topological polar surface area (TPSA) is 35.5 Å². The van der Waals surface area contributed by atoms with Gasteiger partial charge in [-0.15, -0.1) is 0 Å². The number of nitrogens with one attached hydrogen (secondary N) is 1. The second-order valence-electron chi connectivity index (χ2n) is 6.47. The molecule has 0 bridgehead atoms. The minimum Gasteiger partial charge on any atom is -0.395 e. The lowest BCUT2D eigenvalue weighted by Crippen LogP contribution is -2.48. The van der Waals surface area contributed by atoms with E-state index in [0.717, 1.165) is 24.9 Å². The van der Waals surface area contributed by atoms with Gasteiger partial charge in [-0.2, -0.15) is 0 Å². The molecule has 1 heterocycles. The maximum absolute atomic E-state index is 9.32. The molecule has 1 saturated heterocycles. The Balaban J connectivity index is 1.90. The van der Waals surface area contributed by atoms with Crippen molar-refractivity contribution >= 4 is 0 Å². The largest absolute Gasteiger partial charge is 0.395 e. The van der Waals surface area contributed by atoms with Crippen molar-refractivity contribution in [2.75, 3.05) is 26.2 Å². The first kappa shape index (κ1) is 14.3. The smallest absolute Gasteiger partial charge is 0.0558 e. The Morgan fingerprint density at radius 1 is 1.22 bits per heavy atom. The Labute approximate surface area is 112 Å². The molecular formula is C15H30N2O. The van der Waals surface area contributed by atoms with Crippen LogP contribution in [0.1, 0.15) is 46.0 Å². The van der Waals surface area contributed by atoms with E-state index in [1.54, 1.807) is 0 Å². The van der Waals surface area contributed by atoms with Crippen molar-refractivity contribution < 1.29 is 5.11 Å². The quantitative estimate of drug-likeness (QED) is 0.786. The zero-order valence-electron chi connectivity index (χ0n) is 12.1. The molecule has 0 aromatic carbocycles.